The van der Waals surface area contributed by atoms with E-state index in [0.29, 0.717) is 11.5 Å². The molecule has 0 heterocycles. The fourth-order valence-corrected chi connectivity index (χ4v) is 2.56. The maximum absolute atomic E-state index is 10.4. The Labute approximate surface area is 147 Å². The van der Waals surface area contributed by atoms with Gasteiger partial charge in [0.05, 0.1) is 12.0 Å². The predicted octanol–water partition coefficient (Wildman–Crippen LogP) is 4.37. The highest BCUT2D eigenvalue weighted by atomic mass is 16.7. The van der Waals surface area contributed by atoms with Crippen LogP contribution < -0.4 is 14.2 Å². The van der Waals surface area contributed by atoms with E-state index in [1.165, 1.54) is 11.1 Å². The van der Waals surface area contributed by atoms with Crippen LogP contribution in [-0.4, -0.2) is 18.8 Å². The zero-order valence-corrected chi connectivity index (χ0v) is 15.2. The number of nitro groups is 1. The molecule has 2 rings (SSSR count). The number of benzene rings is 2. The summed E-state index contributed by atoms with van der Waals surface area (Å²) in [6.45, 7) is 7.48. The second kappa shape index (κ2) is 7.88. The van der Waals surface area contributed by atoms with Gasteiger partial charge in [0, 0.05) is 11.6 Å². The van der Waals surface area contributed by atoms with Gasteiger partial charge in [0.1, 0.15) is 23.4 Å². The fraction of sp³-hybridized carbons (Fsp3) is 0.368. The SMILES string of the molecule is COc1cc(OC[N+](=O)[O-])ccc1C(C)Oc1cc(C)c(C)cc1C. The molecule has 0 aromatic heterocycles. The van der Waals surface area contributed by atoms with Crippen LogP contribution in [0, 0.1) is 30.9 Å². The predicted molar refractivity (Wildman–Crippen MR) is 95.2 cm³/mol. The molecular weight excluding hydrogens is 322 g/mol. The van der Waals surface area contributed by atoms with E-state index >= 15 is 0 Å². The minimum absolute atomic E-state index is 0.250. The molecule has 0 saturated heterocycles. The third kappa shape index (κ3) is 4.62. The molecule has 25 heavy (non-hydrogen) atoms. The summed E-state index contributed by atoms with van der Waals surface area (Å²) in [4.78, 5) is 9.88. The summed E-state index contributed by atoms with van der Waals surface area (Å²) in [7, 11) is 1.55. The Morgan fingerprint density at radius 2 is 1.72 bits per heavy atom. The molecule has 0 bridgehead atoms. The summed E-state index contributed by atoms with van der Waals surface area (Å²) in [5.41, 5.74) is 4.30. The Morgan fingerprint density at radius 3 is 2.36 bits per heavy atom. The maximum Gasteiger partial charge on any atom is 0.344 e. The smallest absolute Gasteiger partial charge is 0.344 e. The average molecular weight is 345 g/mol. The summed E-state index contributed by atoms with van der Waals surface area (Å²) in [6, 6.07) is 9.24. The first-order valence-electron chi connectivity index (χ1n) is 7.99. The summed E-state index contributed by atoms with van der Waals surface area (Å²) >= 11 is 0. The van der Waals surface area contributed by atoms with Crippen molar-refractivity contribution in [3.05, 3.63) is 62.7 Å². The second-order valence-corrected chi connectivity index (χ2v) is 5.97. The summed E-state index contributed by atoms with van der Waals surface area (Å²) in [5, 5.41) is 10.4. The molecule has 1 atom stereocenters. The van der Waals surface area contributed by atoms with Crippen LogP contribution in [-0.2, 0) is 0 Å². The van der Waals surface area contributed by atoms with E-state index in [1.807, 2.05) is 26.8 Å². The fourth-order valence-electron chi connectivity index (χ4n) is 2.56. The van der Waals surface area contributed by atoms with Crippen molar-refractivity contribution in [3.63, 3.8) is 0 Å². The molecule has 2 aromatic rings. The van der Waals surface area contributed by atoms with Gasteiger partial charge in [-0.05, 0) is 62.6 Å². The van der Waals surface area contributed by atoms with E-state index in [2.05, 4.69) is 13.0 Å². The van der Waals surface area contributed by atoms with E-state index in [4.69, 9.17) is 14.2 Å². The zero-order valence-electron chi connectivity index (χ0n) is 15.2. The molecule has 1 unspecified atom stereocenters. The number of hydrogen-bond acceptors (Lipinski definition) is 5. The minimum Gasteiger partial charge on any atom is -0.496 e. The summed E-state index contributed by atoms with van der Waals surface area (Å²) < 4.78 is 16.6. The number of ether oxygens (including phenoxy) is 3. The van der Waals surface area contributed by atoms with E-state index < -0.39 is 11.7 Å². The molecule has 0 spiro atoms. The van der Waals surface area contributed by atoms with Crippen molar-refractivity contribution < 1.29 is 19.1 Å². The van der Waals surface area contributed by atoms with Gasteiger partial charge >= 0.3 is 6.73 Å². The van der Waals surface area contributed by atoms with Gasteiger partial charge in [0.15, 0.2) is 0 Å². The van der Waals surface area contributed by atoms with E-state index in [1.54, 1.807) is 25.3 Å². The van der Waals surface area contributed by atoms with Crippen LogP contribution in [0.15, 0.2) is 30.3 Å². The Morgan fingerprint density at radius 1 is 1.04 bits per heavy atom. The molecule has 134 valence electrons. The minimum atomic E-state index is -0.587. The van der Waals surface area contributed by atoms with Gasteiger partial charge < -0.3 is 14.2 Å². The van der Waals surface area contributed by atoms with Crippen molar-refractivity contribution in [3.8, 4) is 17.2 Å². The normalized spacial score (nSPS) is 11.7. The molecule has 0 fully saturated rings. The molecule has 0 aliphatic carbocycles. The molecule has 0 aliphatic heterocycles. The number of methoxy groups -OCH3 is 1. The first-order valence-corrected chi connectivity index (χ1v) is 7.99. The molecule has 0 saturated carbocycles. The number of rotatable bonds is 7. The van der Waals surface area contributed by atoms with Gasteiger partial charge in [-0.15, -0.1) is 0 Å². The summed E-state index contributed by atoms with van der Waals surface area (Å²) in [5.74, 6) is 1.77. The molecule has 6 heteroatoms. The van der Waals surface area contributed by atoms with E-state index in [-0.39, 0.29) is 6.10 Å². The third-order valence-corrected chi connectivity index (χ3v) is 4.07. The number of aryl methyl sites for hydroxylation is 3. The molecule has 0 amide bonds. The lowest BCUT2D eigenvalue weighted by atomic mass is 10.1. The molecule has 2 aromatic carbocycles. The second-order valence-electron chi connectivity index (χ2n) is 5.97. The van der Waals surface area contributed by atoms with Crippen LogP contribution in [0.1, 0.15) is 35.3 Å². The maximum atomic E-state index is 10.4. The standard InChI is InChI=1S/C19H23NO5/c1-12-8-14(3)18(9-13(12)2)25-15(4)17-7-6-16(10-19(17)23-5)24-11-20(21)22/h6-10,15H,11H2,1-5H3. The van der Waals surface area contributed by atoms with Gasteiger partial charge in [-0.2, -0.15) is 0 Å². The van der Waals surface area contributed by atoms with Crippen LogP contribution >= 0.6 is 0 Å². The van der Waals surface area contributed by atoms with Gasteiger partial charge in [-0.3, -0.25) is 10.1 Å². The lowest BCUT2D eigenvalue weighted by Gasteiger charge is -2.20. The first-order chi connectivity index (χ1) is 11.8. The van der Waals surface area contributed by atoms with Gasteiger partial charge in [-0.1, -0.05) is 6.07 Å². The van der Waals surface area contributed by atoms with Crippen molar-refractivity contribution in [1.82, 2.24) is 0 Å². The first kappa shape index (κ1) is 18.6. The van der Waals surface area contributed by atoms with Crippen LogP contribution in [0.4, 0.5) is 0 Å². The van der Waals surface area contributed by atoms with Crippen molar-refractivity contribution in [2.45, 2.75) is 33.8 Å². The topological polar surface area (TPSA) is 70.8 Å². The van der Waals surface area contributed by atoms with E-state index in [0.717, 1.165) is 16.9 Å². The van der Waals surface area contributed by atoms with Crippen molar-refractivity contribution in [1.29, 1.82) is 0 Å². The highest BCUT2D eigenvalue weighted by Crippen LogP contribution is 2.33. The van der Waals surface area contributed by atoms with Gasteiger partial charge in [0.2, 0.25) is 0 Å². The van der Waals surface area contributed by atoms with Gasteiger partial charge in [0.25, 0.3) is 0 Å². The third-order valence-electron chi connectivity index (χ3n) is 4.07. The van der Waals surface area contributed by atoms with Crippen LogP contribution in [0.5, 0.6) is 17.2 Å². The number of nitrogens with zero attached hydrogens (tertiary/aromatic N) is 1. The number of hydrogen-bond donors (Lipinski definition) is 0. The Kier molecular flexibility index (Phi) is 5.85. The summed E-state index contributed by atoms with van der Waals surface area (Å²) in [6.07, 6.45) is -0.250. The van der Waals surface area contributed by atoms with Gasteiger partial charge in [-0.25, -0.2) is 0 Å². The molecule has 6 nitrogen and oxygen atoms in total. The van der Waals surface area contributed by atoms with E-state index in [9.17, 15) is 10.1 Å². The molecule has 0 aliphatic rings. The average Bonchev–Trinajstić information content (AvgIpc) is 2.57. The van der Waals surface area contributed by atoms with Crippen LogP contribution in [0.2, 0.25) is 0 Å². The molecule has 0 N–H and O–H groups in total. The van der Waals surface area contributed by atoms with Crippen molar-refractivity contribution in [2.24, 2.45) is 0 Å². The molecular formula is C19H23NO5. The highest BCUT2D eigenvalue weighted by molar-refractivity contribution is 5.44. The largest absolute Gasteiger partial charge is 0.496 e. The quantitative estimate of drug-likeness (QED) is 0.423. The lowest BCUT2D eigenvalue weighted by molar-refractivity contribution is -0.514. The Balaban J connectivity index is 2.22. The zero-order chi connectivity index (χ0) is 18.6. The van der Waals surface area contributed by atoms with Crippen LogP contribution in [0.25, 0.3) is 0 Å². The lowest BCUT2D eigenvalue weighted by Crippen LogP contribution is -2.09. The van der Waals surface area contributed by atoms with Crippen molar-refractivity contribution >= 4 is 0 Å². The highest BCUT2D eigenvalue weighted by Gasteiger charge is 2.16. The Bertz CT molecular complexity index is 773. The van der Waals surface area contributed by atoms with Crippen molar-refractivity contribution in [2.75, 3.05) is 13.8 Å². The Hall–Kier alpha value is -2.76. The molecule has 0 radical (unpaired) electrons. The monoisotopic (exact) mass is 345 g/mol. The van der Waals surface area contributed by atoms with Crippen LogP contribution in [0.3, 0.4) is 0 Å².